The Morgan fingerprint density at radius 3 is 2.55 bits per heavy atom. The molecule has 5 nitrogen and oxygen atoms in total. The zero-order chi connectivity index (χ0) is 14.9. The molecule has 0 spiro atoms. The van der Waals surface area contributed by atoms with Gasteiger partial charge in [0.25, 0.3) is 0 Å². The number of nitrogen functional groups attached to an aromatic ring is 1. The fourth-order valence-electron chi connectivity index (χ4n) is 2.55. The molecule has 2 aromatic heterocycles. The second-order valence-electron chi connectivity index (χ2n) is 4.95. The first-order chi connectivity index (χ1) is 10.8. The number of hydrogen-bond donors (Lipinski definition) is 1. The lowest BCUT2D eigenvalue weighted by molar-refractivity contribution is 0.815. The number of nitrogens with two attached hydrogens (primary N) is 1. The van der Waals surface area contributed by atoms with Gasteiger partial charge in [-0.1, -0.05) is 47.7 Å². The van der Waals surface area contributed by atoms with Crippen molar-refractivity contribution >= 4 is 16.6 Å². The van der Waals surface area contributed by atoms with E-state index in [1.807, 2.05) is 48.5 Å². The average Bonchev–Trinajstić information content (AvgIpc) is 2.96. The molecule has 4 aromatic rings. The van der Waals surface area contributed by atoms with E-state index in [-0.39, 0.29) is 0 Å². The summed E-state index contributed by atoms with van der Waals surface area (Å²) in [5, 5.41) is 10.6. The van der Waals surface area contributed by atoms with E-state index in [9.17, 15) is 0 Å². The molecule has 0 fully saturated rings. The van der Waals surface area contributed by atoms with Crippen molar-refractivity contribution in [2.24, 2.45) is 0 Å². The van der Waals surface area contributed by atoms with Crippen LogP contribution in [-0.4, -0.2) is 20.0 Å². The Balaban J connectivity index is 1.92. The maximum absolute atomic E-state index is 6.26. The van der Waals surface area contributed by atoms with Crippen LogP contribution in [0.2, 0.25) is 0 Å². The summed E-state index contributed by atoms with van der Waals surface area (Å²) in [7, 11) is 0. The summed E-state index contributed by atoms with van der Waals surface area (Å²) < 4.78 is 1.66. The minimum Gasteiger partial charge on any atom is -0.382 e. The second-order valence-corrected chi connectivity index (χ2v) is 4.95. The van der Waals surface area contributed by atoms with E-state index < -0.39 is 0 Å². The molecule has 0 bridgehead atoms. The van der Waals surface area contributed by atoms with E-state index in [1.54, 1.807) is 10.9 Å². The number of aromatic nitrogens is 4. The summed E-state index contributed by atoms with van der Waals surface area (Å²) >= 11 is 0. The van der Waals surface area contributed by atoms with Crippen LogP contribution in [0.5, 0.6) is 0 Å². The Bertz CT molecular complexity index is 938. The van der Waals surface area contributed by atoms with Crippen molar-refractivity contribution in [1.82, 2.24) is 20.0 Å². The van der Waals surface area contributed by atoms with Crippen molar-refractivity contribution in [3.05, 3.63) is 66.9 Å². The number of nitrogens with zero attached hydrogens (tertiary/aromatic N) is 4. The molecule has 0 aliphatic rings. The lowest BCUT2D eigenvalue weighted by Gasteiger charge is -2.07. The highest BCUT2D eigenvalue weighted by atomic mass is 15.5. The molecule has 5 heteroatoms. The van der Waals surface area contributed by atoms with Gasteiger partial charge < -0.3 is 5.73 Å². The molecule has 0 unspecified atom stereocenters. The molecule has 106 valence electrons. The van der Waals surface area contributed by atoms with Gasteiger partial charge in [0.1, 0.15) is 0 Å². The van der Waals surface area contributed by atoms with Crippen molar-refractivity contribution in [1.29, 1.82) is 0 Å². The largest absolute Gasteiger partial charge is 0.382 e. The summed E-state index contributed by atoms with van der Waals surface area (Å²) in [6, 6.07) is 19.8. The minimum atomic E-state index is 0.482. The maximum atomic E-state index is 6.26. The molecule has 4 rings (SSSR count). The van der Waals surface area contributed by atoms with Crippen molar-refractivity contribution in [2.75, 3.05) is 5.73 Å². The van der Waals surface area contributed by atoms with Crippen LogP contribution in [0.3, 0.4) is 0 Å². The van der Waals surface area contributed by atoms with E-state index in [2.05, 4.69) is 27.4 Å². The summed E-state index contributed by atoms with van der Waals surface area (Å²) in [5.41, 5.74) is 8.47. The zero-order valence-corrected chi connectivity index (χ0v) is 11.7. The van der Waals surface area contributed by atoms with Gasteiger partial charge in [-0.3, -0.25) is 4.98 Å². The van der Waals surface area contributed by atoms with E-state index in [1.165, 1.54) is 0 Å². The van der Waals surface area contributed by atoms with Crippen LogP contribution in [0, 0.1) is 0 Å². The number of benzene rings is 2. The van der Waals surface area contributed by atoms with Crippen molar-refractivity contribution in [2.45, 2.75) is 0 Å². The molecule has 2 heterocycles. The normalized spacial score (nSPS) is 10.9. The highest BCUT2D eigenvalue weighted by molar-refractivity contribution is 5.90. The summed E-state index contributed by atoms with van der Waals surface area (Å²) in [5.74, 6) is 0.482. The van der Waals surface area contributed by atoms with E-state index in [4.69, 9.17) is 5.73 Å². The van der Waals surface area contributed by atoms with E-state index >= 15 is 0 Å². The molecular weight excluding hydrogens is 274 g/mol. The Hall–Kier alpha value is -3.21. The van der Waals surface area contributed by atoms with Crippen LogP contribution < -0.4 is 5.73 Å². The molecule has 0 aliphatic carbocycles. The fourth-order valence-corrected chi connectivity index (χ4v) is 2.55. The molecule has 0 saturated carbocycles. The van der Waals surface area contributed by atoms with E-state index in [0.717, 1.165) is 16.5 Å². The first kappa shape index (κ1) is 12.5. The van der Waals surface area contributed by atoms with Gasteiger partial charge in [0.05, 0.1) is 11.4 Å². The molecule has 0 radical (unpaired) electrons. The first-order valence-corrected chi connectivity index (χ1v) is 6.95. The predicted molar refractivity (Wildman–Crippen MR) is 86.5 cm³/mol. The minimum absolute atomic E-state index is 0.482. The monoisotopic (exact) mass is 287 g/mol. The highest BCUT2D eigenvalue weighted by Crippen LogP contribution is 2.27. The smallest absolute Gasteiger partial charge is 0.157 e. The molecule has 0 saturated heterocycles. The van der Waals surface area contributed by atoms with Crippen LogP contribution in [0.15, 0.2) is 66.9 Å². The van der Waals surface area contributed by atoms with Gasteiger partial charge in [0, 0.05) is 11.6 Å². The van der Waals surface area contributed by atoms with Crippen molar-refractivity contribution < 1.29 is 0 Å². The maximum Gasteiger partial charge on any atom is 0.157 e. The third-order valence-corrected chi connectivity index (χ3v) is 3.61. The lowest BCUT2D eigenvalue weighted by Crippen LogP contribution is -2.03. The van der Waals surface area contributed by atoms with Crippen LogP contribution in [0.4, 0.5) is 5.82 Å². The molecule has 2 N–H and O–H groups in total. The van der Waals surface area contributed by atoms with Crippen LogP contribution in [-0.2, 0) is 0 Å². The predicted octanol–water partition coefficient (Wildman–Crippen LogP) is 3.06. The third kappa shape index (κ3) is 1.91. The summed E-state index contributed by atoms with van der Waals surface area (Å²) in [4.78, 5) is 4.28. The van der Waals surface area contributed by atoms with Gasteiger partial charge in [-0.05, 0) is 23.6 Å². The van der Waals surface area contributed by atoms with E-state index in [0.29, 0.717) is 17.2 Å². The fraction of sp³-hybridized carbons (Fsp3) is 0. The third-order valence-electron chi connectivity index (χ3n) is 3.61. The molecule has 2 aromatic carbocycles. The quantitative estimate of drug-likeness (QED) is 0.615. The standard InChI is InChI=1S/C17H13N5/c18-17-16(14-9-3-4-11-19-14)20-21-22(17)15-10-5-7-12-6-1-2-8-13(12)15/h1-11H,18H2. The van der Waals surface area contributed by atoms with Gasteiger partial charge >= 0.3 is 0 Å². The summed E-state index contributed by atoms with van der Waals surface area (Å²) in [6.45, 7) is 0. The molecule has 0 amide bonds. The molecule has 22 heavy (non-hydrogen) atoms. The SMILES string of the molecule is Nc1c(-c2ccccn2)nnn1-c1cccc2ccccc12. The number of anilines is 1. The van der Waals surface area contributed by atoms with Crippen LogP contribution in [0.25, 0.3) is 27.8 Å². The molecule has 0 aliphatic heterocycles. The Labute approximate surface area is 127 Å². The van der Waals surface area contributed by atoms with Crippen LogP contribution >= 0.6 is 0 Å². The molecule has 0 atom stereocenters. The van der Waals surface area contributed by atoms with Gasteiger partial charge in [-0.25, -0.2) is 0 Å². The van der Waals surface area contributed by atoms with Gasteiger partial charge in [0.15, 0.2) is 11.5 Å². The zero-order valence-electron chi connectivity index (χ0n) is 11.7. The molecular formula is C17H13N5. The van der Waals surface area contributed by atoms with Gasteiger partial charge in [0.2, 0.25) is 0 Å². The Morgan fingerprint density at radius 1 is 0.864 bits per heavy atom. The number of pyridine rings is 1. The van der Waals surface area contributed by atoms with Gasteiger partial charge in [-0.15, -0.1) is 5.10 Å². The average molecular weight is 287 g/mol. The second kappa shape index (κ2) is 4.96. The van der Waals surface area contributed by atoms with Gasteiger partial charge in [-0.2, -0.15) is 4.68 Å². The van der Waals surface area contributed by atoms with Crippen molar-refractivity contribution in [3.8, 4) is 17.1 Å². The number of rotatable bonds is 2. The number of fused-ring (bicyclic) bond motifs is 1. The van der Waals surface area contributed by atoms with Crippen LogP contribution in [0.1, 0.15) is 0 Å². The van der Waals surface area contributed by atoms with Crippen molar-refractivity contribution in [3.63, 3.8) is 0 Å². The Kier molecular flexibility index (Phi) is 2.83. The number of hydrogen-bond acceptors (Lipinski definition) is 4. The lowest BCUT2D eigenvalue weighted by atomic mass is 10.1. The Morgan fingerprint density at radius 2 is 1.68 bits per heavy atom. The summed E-state index contributed by atoms with van der Waals surface area (Å²) in [6.07, 6.45) is 1.71. The highest BCUT2D eigenvalue weighted by Gasteiger charge is 2.15. The topological polar surface area (TPSA) is 69.6 Å². The first-order valence-electron chi connectivity index (χ1n) is 6.95.